The number of piperidine rings is 1. The minimum absolute atomic E-state index is 0.00314. The molecule has 0 N–H and O–H groups in total. The van der Waals surface area contributed by atoms with Crippen molar-refractivity contribution in [3.63, 3.8) is 0 Å². The normalized spacial score (nSPS) is 17.8. The lowest BCUT2D eigenvalue weighted by molar-refractivity contribution is 0.344. The minimum atomic E-state index is -3.72. The van der Waals surface area contributed by atoms with Gasteiger partial charge in [0.05, 0.1) is 11.6 Å². The van der Waals surface area contributed by atoms with Crippen LogP contribution in [-0.4, -0.2) is 58.6 Å². The van der Waals surface area contributed by atoms with E-state index in [4.69, 9.17) is 0 Å². The van der Waals surface area contributed by atoms with Crippen LogP contribution in [-0.2, 0) is 26.9 Å². The Bertz CT molecular complexity index is 983. The van der Waals surface area contributed by atoms with Crippen molar-refractivity contribution in [1.82, 2.24) is 23.4 Å². The van der Waals surface area contributed by atoms with E-state index in [0.717, 1.165) is 0 Å². The first-order valence-corrected chi connectivity index (χ1v) is 11.4. The number of hydrogen-bond acceptors (Lipinski definition) is 6. The van der Waals surface area contributed by atoms with Gasteiger partial charge in [0.25, 0.3) is 10.0 Å². The maximum absolute atomic E-state index is 12.7. The highest BCUT2D eigenvalue weighted by atomic mass is 32.2. The van der Waals surface area contributed by atoms with Crippen LogP contribution in [0.2, 0.25) is 0 Å². The van der Waals surface area contributed by atoms with Gasteiger partial charge in [-0.25, -0.2) is 26.8 Å². The molecule has 0 spiro atoms. The molecule has 144 valence electrons. The van der Waals surface area contributed by atoms with Crippen LogP contribution in [0, 0.1) is 0 Å². The maximum atomic E-state index is 12.7. The number of sulfone groups is 1. The highest BCUT2D eigenvalue weighted by Gasteiger charge is 2.38. The zero-order chi connectivity index (χ0) is 19.1. The third kappa shape index (κ3) is 3.30. The lowest BCUT2D eigenvalue weighted by Crippen LogP contribution is -2.42. The predicted octanol–water partition coefficient (Wildman–Crippen LogP) is 0.825. The minimum Gasteiger partial charge on any atom is -0.334 e. The molecule has 0 radical (unpaired) electrons. The van der Waals surface area contributed by atoms with Gasteiger partial charge < -0.3 is 9.13 Å². The third-order valence-electron chi connectivity index (χ3n) is 4.65. The zero-order valence-corrected chi connectivity index (χ0v) is 16.6. The van der Waals surface area contributed by atoms with E-state index >= 15 is 0 Å². The number of aryl methyl sites for hydroxylation is 1. The fourth-order valence-corrected chi connectivity index (χ4v) is 6.21. The second-order valence-electron chi connectivity index (χ2n) is 6.72. The van der Waals surface area contributed by atoms with Gasteiger partial charge in [0, 0.05) is 44.8 Å². The molecule has 9 nitrogen and oxygen atoms in total. The van der Waals surface area contributed by atoms with Crippen LogP contribution in [0.5, 0.6) is 0 Å². The molecule has 0 saturated carbocycles. The van der Waals surface area contributed by atoms with Gasteiger partial charge in [-0.3, -0.25) is 0 Å². The standard InChI is InChI=1S/C15H23N5O4S2/c1-12(2)19-10-14(17-11-19)26(23,24)20-7-4-13(5-8-20)25(21,22)15-16-6-9-18(15)3/h6,9-13H,4-5,7-8H2,1-3H3. The summed E-state index contributed by atoms with van der Waals surface area (Å²) in [5.41, 5.74) is 0. The smallest absolute Gasteiger partial charge is 0.262 e. The Kier molecular flexibility index (Phi) is 4.97. The van der Waals surface area contributed by atoms with Crippen LogP contribution < -0.4 is 0 Å². The summed E-state index contributed by atoms with van der Waals surface area (Å²) in [6, 6.07) is 0.111. The van der Waals surface area contributed by atoms with Crippen molar-refractivity contribution in [2.24, 2.45) is 7.05 Å². The summed E-state index contributed by atoms with van der Waals surface area (Å²) in [5, 5.41) is -0.616. The van der Waals surface area contributed by atoms with Gasteiger partial charge in [-0.1, -0.05) is 0 Å². The fourth-order valence-electron chi connectivity index (χ4n) is 3.02. The van der Waals surface area contributed by atoms with Crippen molar-refractivity contribution in [2.45, 2.75) is 48.2 Å². The van der Waals surface area contributed by atoms with E-state index in [9.17, 15) is 16.8 Å². The molecule has 0 amide bonds. The van der Waals surface area contributed by atoms with E-state index in [-0.39, 0.29) is 42.2 Å². The molecule has 11 heteroatoms. The SMILES string of the molecule is CC(C)n1cnc(S(=O)(=O)N2CCC(S(=O)(=O)c3nccn3C)CC2)c1. The molecule has 0 unspecified atom stereocenters. The quantitative estimate of drug-likeness (QED) is 0.734. The Morgan fingerprint density at radius 3 is 2.27 bits per heavy atom. The van der Waals surface area contributed by atoms with Crippen LogP contribution in [0.1, 0.15) is 32.7 Å². The topological polar surface area (TPSA) is 107 Å². The van der Waals surface area contributed by atoms with Crippen molar-refractivity contribution in [1.29, 1.82) is 0 Å². The molecule has 1 fully saturated rings. The molecular formula is C15H23N5O4S2. The highest BCUT2D eigenvalue weighted by molar-refractivity contribution is 7.92. The van der Waals surface area contributed by atoms with E-state index in [1.165, 1.54) is 27.6 Å². The number of imidazole rings is 2. The Morgan fingerprint density at radius 2 is 1.77 bits per heavy atom. The van der Waals surface area contributed by atoms with E-state index in [2.05, 4.69) is 9.97 Å². The number of hydrogen-bond donors (Lipinski definition) is 0. The summed E-state index contributed by atoms with van der Waals surface area (Å²) in [7, 11) is -5.67. The first kappa shape index (κ1) is 19.1. The largest absolute Gasteiger partial charge is 0.334 e. The van der Waals surface area contributed by atoms with Crippen molar-refractivity contribution in [2.75, 3.05) is 13.1 Å². The number of sulfonamides is 1. The Hall–Kier alpha value is -1.72. The Balaban J connectivity index is 1.74. The highest BCUT2D eigenvalue weighted by Crippen LogP contribution is 2.26. The summed E-state index contributed by atoms with van der Waals surface area (Å²) >= 11 is 0. The molecule has 1 aliphatic rings. The van der Waals surface area contributed by atoms with Gasteiger partial charge in [-0.15, -0.1) is 0 Å². The zero-order valence-electron chi connectivity index (χ0n) is 15.0. The van der Waals surface area contributed by atoms with E-state index in [1.54, 1.807) is 17.8 Å². The molecule has 0 atom stereocenters. The average molecular weight is 402 g/mol. The Labute approximate surface area is 153 Å². The van der Waals surface area contributed by atoms with E-state index < -0.39 is 25.1 Å². The Morgan fingerprint density at radius 1 is 1.12 bits per heavy atom. The van der Waals surface area contributed by atoms with Crippen molar-refractivity contribution >= 4 is 19.9 Å². The number of aromatic nitrogens is 4. The summed E-state index contributed by atoms with van der Waals surface area (Å²) < 4.78 is 55.4. The molecule has 3 heterocycles. The van der Waals surface area contributed by atoms with Gasteiger partial charge in [-0.2, -0.15) is 4.31 Å². The summed E-state index contributed by atoms with van der Waals surface area (Å²) in [5.74, 6) is 0. The molecule has 3 rings (SSSR count). The van der Waals surface area contributed by atoms with Crippen molar-refractivity contribution < 1.29 is 16.8 Å². The molecular weight excluding hydrogens is 378 g/mol. The third-order valence-corrected chi connectivity index (χ3v) is 8.69. The van der Waals surface area contributed by atoms with Crippen molar-refractivity contribution in [3.8, 4) is 0 Å². The average Bonchev–Trinajstić information content (AvgIpc) is 3.24. The first-order chi connectivity index (χ1) is 12.1. The van der Waals surface area contributed by atoms with Crippen LogP contribution >= 0.6 is 0 Å². The lowest BCUT2D eigenvalue weighted by atomic mass is 10.2. The van der Waals surface area contributed by atoms with Gasteiger partial charge in [0.15, 0.2) is 5.03 Å². The molecule has 1 aliphatic heterocycles. The number of rotatable bonds is 5. The van der Waals surface area contributed by atoms with Gasteiger partial charge in [0.2, 0.25) is 15.0 Å². The molecule has 0 aromatic carbocycles. The molecule has 0 aliphatic carbocycles. The van der Waals surface area contributed by atoms with Gasteiger partial charge in [0.1, 0.15) is 0 Å². The van der Waals surface area contributed by atoms with Crippen LogP contribution in [0.15, 0.2) is 35.1 Å². The van der Waals surface area contributed by atoms with Gasteiger partial charge in [-0.05, 0) is 26.7 Å². The molecule has 26 heavy (non-hydrogen) atoms. The second kappa shape index (κ2) is 6.78. The summed E-state index contributed by atoms with van der Waals surface area (Å²) in [6.07, 6.45) is 6.50. The lowest BCUT2D eigenvalue weighted by Gasteiger charge is -2.30. The molecule has 0 bridgehead atoms. The second-order valence-corrected chi connectivity index (χ2v) is 10.7. The molecule has 2 aromatic rings. The number of nitrogens with zero attached hydrogens (tertiary/aromatic N) is 5. The monoisotopic (exact) mass is 401 g/mol. The van der Waals surface area contributed by atoms with Gasteiger partial charge >= 0.3 is 0 Å². The summed E-state index contributed by atoms with van der Waals surface area (Å²) in [6.45, 7) is 4.16. The maximum Gasteiger partial charge on any atom is 0.262 e. The first-order valence-electron chi connectivity index (χ1n) is 8.39. The summed E-state index contributed by atoms with van der Waals surface area (Å²) in [4.78, 5) is 7.93. The van der Waals surface area contributed by atoms with Crippen LogP contribution in [0.3, 0.4) is 0 Å². The fraction of sp³-hybridized carbons (Fsp3) is 0.600. The van der Waals surface area contributed by atoms with E-state index in [0.29, 0.717) is 0 Å². The molecule has 1 saturated heterocycles. The van der Waals surface area contributed by atoms with Crippen LogP contribution in [0.4, 0.5) is 0 Å². The van der Waals surface area contributed by atoms with Crippen LogP contribution in [0.25, 0.3) is 0 Å². The van der Waals surface area contributed by atoms with E-state index in [1.807, 2.05) is 13.8 Å². The predicted molar refractivity (Wildman–Crippen MR) is 94.8 cm³/mol. The molecule has 2 aromatic heterocycles. The van der Waals surface area contributed by atoms with Crippen molar-refractivity contribution in [3.05, 3.63) is 24.9 Å².